The lowest BCUT2D eigenvalue weighted by atomic mass is 9.78. The number of Topliss-reactive ketones (excluding diaryl/α,β-unsaturated/α-hetero) is 1. The first-order valence-electron chi connectivity index (χ1n) is 9.78. The normalized spacial score (nSPS) is 15.0. The number of amides is 1. The van der Waals surface area contributed by atoms with Gasteiger partial charge in [-0.25, -0.2) is 0 Å². The van der Waals surface area contributed by atoms with Crippen molar-refractivity contribution in [1.29, 1.82) is 0 Å². The van der Waals surface area contributed by atoms with E-state index in [1.807, 2.05) is 25.1 Å². The summed E-state index contributed by atoms with van der Waals surface area (Å²) in [7, 11) is 0. The van der Waals surface area contributed by atoms with Crippen LogP contribution in [-0.2, 0) is 10.4 Å². The van der Waals surface area contributed by atoms with E-state index in [2.05, 4.69) is 5.32 Å². The molecule has 2 aromatic carbocycles. The number of aryl methyl sites for hydroxylation is 1. The first-order valence-corrected chi connectivity index (χ1v) is 9.78. The van der Waals surface area contributed by atoms with Crippen LogP contribution in [0.3, 0.4) is 0 Å². The standard InChI is InChI=1S/C24H30N2O3/c1-5-24(29,19-13-11-17(4)12-14-19)23(26-20(27)15-16(2)3)21(25)22(28)18-9-7-6-8-10-18/h6-15,21,23,29H,5,25H2,1-4H3,(H,26,27). The van der Waals surface area contributed by atoms with Crippen LogP contribution < -0.4 is 11.1 Å². The second-order valence-corrected chi connectivity index (χ2v) is 7.61. The van der Waals surface area contributed by atoms with Gasteiger partial charge in [-0.1, -0.05) is 72.7 Å². The summed E-state index contributed by atoms with van der Waals surface area (Å²) < 4.78 is 0. The monoisotopic (exact) mass is 394 g/mol. The Labute approximate surface area is 172 Å². The molecule has 154 valence electrons. The maximum Gasteiger partial charge on any atom is 0.244 e. The summed E-state index contributed by atoms with van der Waals surface area (Å²) >= 11 is 0. The number of nitrogens with one attached hydrogen (secondary N) is 1. The van der Waals surface area contributed by atoms with E-state index < -0.39 is 23.6 Å². The third-order valence-electron chi connectivity index (χ3n) is 5.04. The molecule has 0 radical (unpaired) electrons. The van der Waals surface area contributed by atoms with Crippen LogP contribution in [0.1, 0.15) is 48.7 Å². The molecule has 0 aliphatic heterocycles. The number of hydrogen-bond donors (Lipinski definition) is 3. The summed E-state index contributed by atoms with van der Waals surface area (Å²) in [6, 6.07) is 13.9. The molecule has 0 heterocycles. The molecule has 0 saturated heterocycles. The van der Waals surface area contributed by atoms with Gasteiger partial charge in [0.05, 0.1) is 12.1 Å². The van der Waals surface area contributed by atoms with E-state index in [0.29, 0.717) is 11.1 Å². The Morgan fingerprint density at radius 3 is 2.21 bits per heavy atom. The van der Waals surface area contributed by atoms with Crippen LogP contribution in [0.25, 0.3) is 0 Å². The fourth-order valence-corrected chi connectivity index (χ4v) is 3.36. The molecule has 2 rings (SSSR count). The SMILES string of the molecule is CCC(O)(c1ccc(C)cc1)C(NC(=O)C=C(C)C)C(N)C(=O)c1ccccc1. The molecule has 2 aromatic rings. The first kappa shape index (κ1) is 22.5. The minimum atomic E-state index is -1.51. The molecule has 3 unspecified atom stereocenters. The van der Waals surface area contributed by atoms with Crippen molar-refractivity contribution in [2.45, 2.75) is 51.8 Å². The van der Waals surface area contributed by atoms with E-state index in [9.17, 15) is 14.7 Å². The molecule has 3 atom stereocenters. The Hall–Kier alpha value is -2.76. The van der Waals surface area contributed by atoms with Gasteiger partial charge in [-0.3, -0.25) is 9.59 Å². The lowest BCUT2D eigenvalue weighted by Gasteiger charge is -2.39. The molecule has 0 aromatic heterocycles. The molecule has 29 heavy (non-hydrogen) atoms. The van der Waals surface area contributed by atoms with Crippen LogP contribution >= 0.6 is 0 Å². The summed E-state index contributed by atoms with van der Waals surface area (Å²) in [5.41, 5.74) is 7.73. The topological polar surface area (TPSA) is 92.4 Å². The van der Waals surface area contributed by atoms with Crippen molar-refractivity contribution in [2.75, 3.05) is 0 Å². The van der Waals surface area contributed by atoms with Crippen LogP contribution in [0, 0.1) is 6.92 Å². The molecule has 4 N–H and O–H groups in total. The van der Waals surface area contributed by atoms with Gasteiger partial charge in [0.15, 0.2) is 5.78 Å². The van der Waals surface area contributed by atoms with Gasteiger partial charge in [-0.15, -0.1) is 0 Å². The summed E-state index contributed by atoms with van der Waals surface area (Å²) in [6.07, 6.45) is 1.70. The van der Waals surface area contributed by atoms with Crippen LogP contribution in [0.2, 0.25) is 0 Å². The largest absolute Gasteiger partial charge is 0.383 e. The summed E-state index contributed by atoms with van der Waals surface area (Å²) in [5.74, 6) is -0.739. The lowest BCUT2D eigenvalue weighted by molar-refractivity contribution is -0.120. The van der Waals surface area contributed by atoms with Gasteiger partial charge in [0.25, 0.3) is 0 Å². The van der Waals surface area contributed by atoms with Gasteiger partial charge < -0.3 is 16.2 Å². The third-order valence-corrected chi connectivity index (χ3v) is 5.04. The van der Waals surface area contributed by atoms with E-state index in [4.69, 9.17) is 5.73 Å². The second kappa shape index (κ2) is 9.63. The number of carbonyl (C=O) groups is 2. The third kappa shape index (κ3) is 5.40. The lowest BCUT2D eigenvalue weighted by Crippen LogP contribution is -2.61. The average molecular weight is 395 g/mol. The number of benzene rings is 2. The molecule has 1 amide bonds. The van der Waals surface area contributed by atoms with Crippen LogP contribution in [-0.4, -0.2) is 28.9 Å². The molecule has 5 nitrogen and oxygen atoms in total. The van der Waals surface area contributed by atoms with E-state index in [1.165, 1.54) is 6.08 Å². The summed E-state index contributed by atoms with van der Waals surface area (Å²) in [4.78, 5) is 25.5. The fourth-order valence-electron chi connectivity index (χ4n) is 3.36. The number of ketones is 1. The quantitative estimate of drug-likeness (QED) is 0.473. The van der Waals surface area contributed by atoms with Crippen molar-refractivity contribution >= 4 is 11.7 Å². The van der Waals surface area contributed by atoms with Crippen molar-refractivity contribution in [3.05, 3.63) is 82.9 Å². The summed E-state index contributed by atoms with van der Waals surface area (Å²) in [6.45, 7) is 7.36. The molecule has 0 saturated carbocycles. The number of nitrogens with two attached hydrogens (primary N) is 1. The number of aliphatic hydroxyl groups is 1. The zero-order valence-corrected chi connectivity index (χ0v) is 17.5. The highest BCUT2D eigenvalue weighted by Crippen LogP contribution is 2.31. The number of carbonyl (C=O) groups excluding carboxylic acids is 2. The summed E-state index contributed by atoms with van der Waals surface area (Å²) in [5, 5.41) is 14.4. The van der Waals surface area contributed by atoms with E-state index in [0.717, 1.165) is 11.1 Å². The first-order chi connectivity index (χ1) is 13.7. The highest BCUT2D eigenvalue weighted by atomic mass is 16.3. The molecule has 0 fully saturated rings. The van der Waals surface area contributed by atoms with Crippen molar-refractivity contribution in [3.8, 4) is 0 Å². The molecule has 0 bridgehead atoms. The van der Waals surface area contributed by atoms with E-state index in [-0.39, 0.29) is 12.2 Å². The van der Waals surface area contributed by atoms with Crippen molar-refractivity contribution in [2.24, 2.45) is 5.73 Å². The van der Waals surface area contributed by atoms with Crippen LogP contribution in [0.15, 0.2) is 66.2 Å². The molecule has 0 aliphatic rings. The van der Waals surface area contributed by atoms with Gasteiger partial charge in [0.2, 0.25) is 5.91 Å². The average Bonchev–Trinajstić information content (AvgIpc) is 2.71. The van der Waals surface area contributed by atoms with E-state index in [1.54, 1.807) is 57.2 Å². The molecular weight excluding hydrogens is 364 g/mol. The smallest absolute Gasteiger partial charge is 0.244 e. The van der Waals surface area contributed by atoms with Crippen molar-refractivity contribution in [1.82, 2.24) is 5.32 Å². The van der Waals surface area contributed by atoms with Gasteiger partial charge >= 0.3 is 0 Å². The van der Waals surface area contributed by atoms with E-state index >= 15 is 0 Å². The predicted molar refractivity (Wildman–Crippen MR) is 115 cm³/mol. The maximum absolute atomic E-state index is 13.0. The van der Waals surface area contributed by atoms with Gasteiger partial charge in [0.1, 0.15) is 5.60 Å². The zero-order valence-electron chi connectivity index (χ0n) is 17.5. The zero-order chi connectivity index (χ0) is 21.6. The Morgan fingerprint density at radius 2 is 1.69 bits per heavy atom. The molecule has 0 spiro atoms. The Morgan fingerprint density at radius 1 is 1.10 bits per heavy atom. The molecule has 5 heteroatoms. The van der Waals surface area contributed by atoms with Gasteiger partial charge in [-0.2, -0.15) is 0 Å². The maximum atomic E-state index is 13.0. The number of allylic oxidation sites excluding steroid dienone is 1. The Balaban J connectivity index is 2.50. The van der Waals surface area contributed by atoms with Gasteiger partial charge in [-0.05, 0) is 32.8 Å². The fraction of sp³-hybridized carbons (Fsp3) is 0.333. The number of rotatable bonds is 8. The minimum Gasteiger partial charge on any atom is -0.383 e. The van der Waals surface area contributed by atoms with Crippen molar-refractivity contribution in [3.63, 3.8) is 0 Å². The molecule has 0 aliphatic carbocycles. The second-order valence-electron chi connectivity index (χ2n) is 7.61. The van der Waals surface area contributed by atoms with Crippen LogP contribution in [0.4, 0.5) is 0 Å². The van der Waals surface area contributed by atoms with Gasteiger partial charge in [0, 0.05) is 11.6 Å². The molecular formula is C24H30N2O3. The minimum absolute atomic E-state index is 0.269. The predicted octanol–water partition coefficient (Wildman–Crippen LogP) is 3.25. The highest BCUT2D eigenvalue weighted by Gasteiger charge is 2.43. The Bertz CT molecular complexity index is 871. The highest BCUT2D eigenvalue weighted by molar-refractivity contribution is 6.01. The van der Waals surface area contributed by atoms with Crippen LogP contribution in [0.5, 0.6) is 0 Å². The van der Waals surface area contributed by atoms with Crippen molar-refractivity contribution < 1.29 is 14.7 Å². The Kier molecular flexibility index (Phi) is 7.48. The number of hydrogen-bond acceptors (Lipinski definition) is 4.